The Hall–Kier alpha value is -3.28. The van der Waals surface area contributed by atoms with Gasteiger partial charge in [-0.3, -0.25) is 9.78 Å². The molecule has 2 aromatic carbocycles. The zero-order valence-corrected chi connectivity index (χ0v) is 16.2. The molecule has 29 heavy (non-hydrogen) atoms. The topological polar surface area (TPSA) is 59.5 Å². The molecule has 6 heteroatoms. The van der Waals surface area contributed by atoms with Gasteiger partial charge in [-0.05, 0) is 48.6 Å². The maximum atomic E-state index is 13.0. The predicted molar refractivity (Wildman–Crippen MR) is 107 cm³/mol. The number of amides is 1. The van der Waals surface area contributed by atoms with E-state index in [4.69, 9.17) is 4.74 Å². The number of likely N-dealkylation sites (N-methyl/N-ethyl adjacent to an activating group) is 1. The van der Waals surface area contributed by atoms with Crippen LogP contribution < -0.4 is 0 Å². The second kappa shape index (κ2) is 7.99. The molecule has 0 saturated carbocycles. The summed E-state index contributed by atoms with van der Waals surface area (Å²) in [6, 6.07) is 13.4. The molecule has 0 radical (unpaired) electrons. The van der Waals surface area contributed by atoms with Crippen LogP contribution in [-0.4, -0.2) is 35.4 Å². The molecule has 1 aromatic heterocycles. The van der Waals surface area contributed by atoms with Gasteiger partial charge in [0.25, 0.3) is 5.91 Å². The van der Waals surface area contributed by atoms with E-state index >= 15 is 0 Å². The minimum Gasteiger partial charge on any atom is -0.452 e. The molecule has 148 valence electrons. The average molecular weight is 392 g/mol. The number of carbonyl (C=O) groups is 2. The Bertz CT molecular complexity index is 1080. The number of benzene rings is 2. The fraction of sp³-hybridized carbons (Fsp3) is 0.261. The van der Waals surface area contributed by atoms with E-state index in [1.54, 1.807) is 19.2 Å². The molecular weight excluding hydrogens is 371 g/mol. The number of hydrogen-bond donors (Lipinski definition) is 0. The summed E-state index contributed by atoms with van der Waals surface area (Å²) in [6.07, 6.45) is 2.59. The van der Waals surface area contributed by atoms with Crippen molar-refractivity contribution in [2.24, 2.45) is 0 Å². The van der Waals surface area contributed by atoms with Crippen LogP contribution in [0.15, 0.2) is 48.5 Å². The van der Waals surface area contributed by atoms with Crippen LogP contribution in [0.4, 0.5) is 4.39 Å². The maximum Gasteiger partial charge on any atom is 0.339 e. The lowest BCUT2D eigenvalue weighted by atomic mass is 10.0. The number of hydrogen-bond acceptors (Lipinski definition) is 4. The average Bonchev–Trinajstić information content (AvgIpc) is 3.19. The highest BCUT2D eigenvalue weighted by Crippen LogP contribution is 2.30. The third kappa shape index (κ3) is 3.97. The number of pyridine rings is 1. The Balaban J connectivity index is 1.47. The normalized spacial score (nSPS) is 12.6. The summed E-state index contributed by atoms with van der Waals surface area (Å²) in [5.74, 6) is -1.14. The van der Waals surface area contributed by atoms with Gasteiger partial charge in [-0.25, -0.2) is 9.18 Å². The number of rotatable bonds is 5. The number of ether oxygens (including phenoxy) is 1. The highest BCUT2D eigenvalue weighted by atomic mass is 19.1. The molecule has 5 nitrogen and oxygen atoms in total. The molecule has 3 aromatic rings. The van der Waals surface area contributed by atoms with Gasteiger partial charge in [0, 0.05) is 24.7 Å². The molecule has 0 spiro atoms. The number of halogens is 1. The van der Waals surface area contributed by atoms with Crippen LogP contribution in [0.25, 0.3) is 10.9 Å². The Morgan fingerprint density at radius 2 is 1.86 bits per heavy atom. The molecule has 0 aliphatic heterocycles. The first kappa shape index (κ1) is 19.1. The van der Waals surface area contributed by atoms with E-state index < -0.39 is 5.97 Å². The number of aromatic nitrogens is 1. The number of nitrogens with zero attached hydrogens (tertiary/aromatic N) is 2. The molecule has 0 unspecified atom stereocenters. The Kier molecular flexibility index (Phi) is 5.25. The van der Waals surface area contributed by atoms with E-state index in [1.165, 1.54) is 17.0 Å². The minimum atomic E-state index is -0.495. The van der Waals surface area contributed by atoms with Crippen molar-refractivity contribution >= 4 is 22.8 Å². The van der Waals surface area contributed by atoms with Crippen LogP contribution in [0.3, 0.4) is 0 Å². The van der Waals surface area contributed by atoms with E-state index in [2.05, 4.69) is 4.98 Å². The van der Waals surface area contributed by atoms with Gasteiger partial charge < -0.3 is 9.64 Å². The molecule has 0 bridgehead atoms. The zero-order valence-electron chi connectivity index (χ0n) is 16.2. The van der Waals surface area contributed by atoms with E-state index in [9.17, 15) is 14.0 Å². The number of carbonyl (C=O) groups excluding carboxylic acids is 2. The molecule has 0 saturated heterocycles. The second-order valence-corrected chi connectivity index (χ2v) is 7.24. The summed E-state index contributed by atoms with van der Waals surface area (Å²) >= 11 is 0. The van der Waals surface area contributed by atoms with Crippen LogP contribution >= 0.6 is 0 Å². The molecular formula is C23H21FN2O3. The molecule has 1 amide bonds. The Morgan fingerprint density at radius 3 is 2.66 bits per heavy atom. The lowest BCUT2D eigenvalue weighted by Gasteiger charge is -2.18. The first-order valence-electron chi connectivity index (χ1n) is 9.59. The van der Waals surface area contributed by atoms with Gasteiger partial charge in [0.15, 0.2) is 6.61 Å². The summed E-state index contributed by atoms with van der Waals surface area (Å²) in [4.78, 5) is 31.4. The molecule has 1 aliphatic carbocycles. The molecule has 0 fully saturated rings. The summed E-state index contributed by atoms with van der Waals surface area (Å²) in [6.45, 7) is -0.0355. The number of aryl methyl sites for hydroxylation is 1. The van der Waals surface area contributed by atoms with Crippen LogP contribution in [0.2, 0.25) is 0 Å². The van der Waals surface area contributed by atoms with Crippen molar-refractivity contribution in [3.05, 3.63) is 76.7 Å². The molecule has 4 rings (SSSR count). The van der Waals surface area contributed by atoms with Crippen molar-refractivity contribution in [3.8, 4) is 0 Å². The van der Waals surface area contributed by atoms with Gasteiger partial charge in [0.05, 0.1) is 11.1 Å². The summed E-state index contributed by atoms with van der Waals surface area (Å²) < 4.78 is 18.4. The number of fused-ring (bicyclic) bond motifs is 2. The fourth-order valence-corrected chi connectivity index (χ4v) is 3.71. The predicted octanol–water partition coefficient (Wildman–Crippen LogP) is 3.68. The van der Waals surface area contributed by atoms with Crippen molar-refractivity contribution < 1.29 is 18.7 Å². The van der Waals surface area contributed by atoms with Crippen LogP contribution in [0.5, 0.6) is 0 Å². The molecule has 1 heterocycles. The first-order valence-corrected chi connectivity index (χ1v) is 9.59. The van der Waals surface area contributed by atoms with Crippen LogP contribution in [-0.2, 0) is 28.9 Å². The smallest absolute Gasteiger partial charge is 0.339 e. The van der Waals surface area contributed by atoms with Crippen molar-refractivity contribution in [3.63, 3.8) is 0 Å². The first-order chi connectivity index (χ1) is 14.0. The largest absolute Gasteiger partial charge is 0.452 e. The molecule has 0 N–H and O–H groups in total. The maximum absolute atomic E-state index is 13.0. The van der Waals surface area contributed by atoms with Gasteiger partial charge in [0.2, 0.25) is 0 Å². The monoisotopic (exact) mass is 392 g/mol. The van der Waals surface area contributed by atoms with Gasteiger partial charge >= 0.3 is 5.97 Å². The van der Waals surface area contributed by atoms with Crippen molar-refractivity contribution in [2.45, 2.75) is 25.8 Å². The van der Waals surface area contributed by atoms with Crippen molar-refractivity contribution in [1.82, 2.24) is 9.88 Å². The lowest BCUT2D eigenvalue weighted by Crippen LogP contribution is -2.31. The van der Waals surface area contributed by atoms with Gasteiger partial charge in [-0.15, -0.1) is 0 Å². The number of para-hydroxylation sites is 1. The van der Waals surface area contributed by atoms with E-state index in [0.29, 0.717) is 12.1 Å². The lowest BCUT2D eigenvalue weighted by molar-refractivity contribution is -0.133. The van der Waals surface area contributed by atoms with Crippen molar-refractivity contribution in [1.29, 1.82) is 0 Å². The number of esters is 1. The third-order valence-electron chi connectivity index (χ3n) is 5.21. The molecule has 1 aliphatic rings. The van der Waals surface area contributed by atoms with E-state index in [0.717, 1.165) is 47.0 Å². The van der Waals surface area contributed by atoms with Gasteiger partial charge in [0.1, 0.15) is 5.82 Å². The van der Waals surface area contributed by atoms with E-state index in [1.807, 2.05) is 24.3 Å². The standard InChI is InChI=1S/C23H21FN2O3/c1-26(13-15-9-11-16(24)12-10-15)21(27)14-29-23(28)22-17-5-2-3-7-19(17)25-20-8-4-6-18(20)22/h2-3,5,7,9-12H,4,6,8,13-14H2,1H3. The quantitative estimate of drug-likeness (QED) is 0.622. The summed E-state index contributed by atoms with van der Waals surface area (Å²) in [5, 5.41) is 0.755. The summed E-state index contributed by atoms with van der Waals surface area (Å²) in [5.41, 5.74) is 3.96. The summed E-state index contributed by atoms with van der Waals surface area (Å²) in [7, 11) is 1.62. The Morgan fingerprint density at radius 1 is 1.10 bits per heavy atom. The second-order valence-electron chi connectivity index (χ2n) is 7.24. The highest BCUT2D eigenvalue weighted by Gasteiger charge is 2.25. The van der Waals surface area contributed by atoms with Crippen LogP contribution in [0, 0.1) is 5.82 Å². The molecule has 0 atom stereocenters. The van der Waals surface area contributed by atoms with Crippen molar-refractivity contribution in [2.75, 3.05) is 13.7 Å². The third-order valence-corrected chi connectivity index (χ3v) is 5.21. The van der Waals surface area contributed by atoms with E-state index in [-0.39, 0.29) is 18.3 Å². The Labute approximate surface area is 168 Å². The minimum absolute atomic E-state index is 0.310. The fourth-order valence-electron chi connectivity index (χ4n) is 3.71. The van der Waals surface area contributed by atoms with Crippen LogP contribution in [0.1, 0.15) is 33.6 Å². The highest BCUT2D eigenvalue weighted by molar-refractivity contribution is 6.05. The van der Waals surface area contributed by atoms with Gasteiger partial charge in [-0.2, -0.15) is 0 Å². The zero-order chi connectivity index (χ0) is 20.4. The van der Waals surface area contributed by atoms with Gasteiger partial charge in [-0.1, -0.05) is 30.3 Å². The SMILES string of the molecule is CN(Cc1ccc(F)cc1)C(=O)COC(=O)c1c2c(nc3ccccc13)CCC2.